The van der Waals surface area contributed by atoms with Crippen LogP contribution in [0.2, 0.25) is 0 Å². The first-order valence-corrected chi connectivity index (χ1v) is 4.85. The number of hydrogen-bond donors (Lipinski definition) is 0. The summed E-state index contributed by atoms with van der Waals surface area (Å²) in [6.07, 6.45) is 1.95. The van der Waals surface area contributed by atoms with E-state index in [1.165, 1.54) is 0 Å². The Morgan fingerprint density at radius 1 is 1.36 bits per heavy atom. The Morgan fingerprint density at radius 3 is 2.43 bits per heavy atom. The zero-order valence-corrected chi connectivity index (χ0v) is 8.66. The van der Waals surface area contributed by atoms with Crippen LogP contribution in [0.4, 0.5) is 0 Å². The Morgan fingerprint density at radius 2 is 2.00 bits per heavy atom. The quantitative estimate of drug-likeness (QED) is 0.729. The molecule has 0 heterocycles. The van der Waals surface area contributed by atoms with E-state index in [0.29, 0.717) is 0 Å². The Hall–Kier alpha value is -1.49. The van der Waals surface area contributed by atoms with Crippen LogP contribution in [0.5, 0.6) is 5.75 Å². The largest absolute Gasteiger partial charge is 0.497 e. The van der Waals surface area contributed by atoms with E-state index in [4.69, 9.17) is 10.00 Å². The van der Waals surface area contributed by atoms with Crippen LogP contribution in [-0.4, -0.2) is 7.11 Å². The van der Waals surface area contributed by atoms with Crippen molar-refractivity contribution in [3.05, 3.63) is 29.8 Å². The molecule has 1 rings (SSSR count). The third kappa shape index (κ3) is 2.50. The molecule has 0 saturated carbocycles. The van der Waals surface area contributed by atoms with E-state index in [9.17, 15) is 0 Å². The normalized spacial score (nSPS) is 11.8. The zero-order chi connectivity index (χ0) is 10.4. The lowest BCUT2D eigenvalue weighted by molar-refractivity contribution is 0.414. The molecule has 0 amide bonds. The first-order chi connectivity index (χ1) is 6.81. The van der Waals surface area contributed by atoms with Gasteiger partial charge in [-0.05, 0) is 24.1 Å². The molecule has 0 aliphatic rings. The second-order valence-electron chi connectivity index (χ2n) is 3.24. The summed E-state index contributed by atoms with van der Waals surface area (Å²) in [5, 5.41) is 8.96. The maximum atomic E-state index is 8.96. The lowest BCUT2D eigenvalue weighted by atomic mass is 9.96. The van der Waals surface area contributed by atoms with Gasteiger partial charge in [0.15, 0.2) is 0 Å². The van der Waals surface area contributed by atoms with Gasteiger partial charge in [-0.15, -0.1) is 0 Å². The Labute approximate surface area is 85.1 Å². The van der Waals surface area contributed by atoms with Crippen molar-refractivity contribution in [1.82, 2.24) is 0 Å². The van der Waals surface area contributed by atoms with Gasteiger partial charge in [-0.2, -0.15) is 5.26 Å². The summed E-state index contributed by atoms with van der Waals surface area (Å²) in [4.78, 5) is 0. The van der Waals surface area contributed by atoms with Crippen LogP contribution in [-0.2, 0) is 0 Å². The predicted molar refractivity (Wildman–Crippen MR) is 56.3 cm³/mol. The number of benzene rings is 1. The maximum absolute atomic E-state index is 8.96. The molecule has 2 nitrogen and oxygen atoms in total. The van der Waals surface area contributed by atoms with Gasteiger partial charge in [0, 0.05) is 0 Å². The number of hydrogen-bond acceptors (Lipinski definition) is 2. The van der Waals surface area contributed by atoms with E-state index in [-0.39, 0.29) is 5.92 Å². The van der Waals surface area contributed by atoms with Gasteiger partial charge < -0.3 is 4.74 Å². The highest BCUT2D eigenvalue weighted by Gasteiger charge is 2.08. The van der Waals surface area contributed by atoms with E-state index < -0.39 is 0 Å². The van der Waals surface area contributed by atoms with Crippen molar-refractivity contribution in [1.29, 1.82) is 5.26 Å². The fourth-order valence-electron chi connectivity index (χ4n) is 1.43. The fourth-order valence-corrected chi connectivity index (χ4v) is 1.43. The lowest BCUT2D eigenvalue weighted by Crippen LogP contribution is -1.94. The monoisotopic (exact) mass is 189 g/mol. The van der Waals surface area contributed by atoms with Crippen molar-refractivity contribution < 1.29 is 4.74 Å². The summed E-state index contributed by atoms with van der Waals surface area (Å²) < 4.78 is 5.06. The number of methoxy groups -OCH3 is 1. The minimum Gasteiger partial charge on any atom is -0.497 e. The molecule has 0 aromatic heterocycles. The van der Waals surface area contributed by atoms with Crippen molar-refractivity contribution in [3.63, 3.8) is 0 Å². The molecular formula is C12H15NO. The smallest absolute Gasteiger partial charge is 0.118 e. The van der Waals surface area contributed by atoms with E-state index in [1.807, 2.05) is 24.3 Å². The highest BCUT2D eigenvalue weighted by atomic mass is 16.5. The lowest BCUT2D eigenvalue weighted by Gasteiger charge is -2.08. The van der Waals surface area contributed by atoms with Crippen molar-refractivity contribution >= 4 is 0 Å². The van der Waals surface area contributed by atoms with Crippen LogP contribution in [0.15, 0.2) is 24.3 Å². The third-order valence-electron chi connectivity index (χ3n) is 2.25. The maximum Gasteiger partial charge on any atom is 0.118 e. The van der Waals surface area contributed by atoms with Crippen LogP contribution in [0.3, 0.4) is 0 Å². The molecular weight excluding hydrogens is 174 g/mol. The number of rotatable bonds is 4. The molecule has 74 valence electrons. The fraction of sp³-hybridized carbons (Fsp3) is 0.417. The van der Waals surface area contributed by atoms with Gasteiger partial charge >= 0.3 is 0 Å². The number of nitrogens with zero attached hydrogens (tertiary/aromatic N) is 1. The van der Waals surface area contributed by atoms with Crippen LogP contribution in [0.1, 0.15) is 31.2 Å². The van der Waals surface area contributed by atoms with Crippen LogP contribution in [0.25, 0.3) is 0 Å². The minimum absolute atomic E-state index is 0.0194. The summed E-state index contributed by atoms with van der Waals surface area (Å²) in [6.45, 7) is 2.09. The molecule has 1 aromatic rings. The van der Waals surface area contributed by atoms with Gasteiger partial charge in [-0.3, -0.25) is 0 Å². The molecule has 0 unspecified atom stereocenters. The summed E-state index contributed by atoms with van der Waals surface area (Å²) in [7, 11) is 1.64. The molecule has 0 aliphatic carbocycles. The summed E-state index contributed by atoms with van der Waals surface area (Å²) in [6, 6.07) is 10.0. The van der Waals surface area contributed by atoms with Gasteiger partial charge in [-0.1, -0.05) is 25.5 Å². The SMILES string of the molecule is CCC[C@@H](C#N)c1ccc(OC)cc1. The number of ether oxygens (including phenoxy) is 1. The van der Waals surface area contributed by atoms with Crippen molar-refractivity contribution in [3.8, 4) is 11.8 Å². The molecule has 0 spiro atoms. The minimum atomic E-state index is 0.0194. The van der Waals surface area contributed by atoms with Gasteiger partial charge in [0.05, 0.1) is 19.1 Å². The predicted octanol–water partition coefficient (Wildman–Crippen LogP) is 3.10. The van der Waals surface area contributed by atoms with E-state index >= 15 is 0 Å². The molecule has 1 aromatic carbocycles. The van der Waals surface area contributed by atoms with Gasteiger partial charge in [-0.25, -0.2) is 0 Å². The molecule has 0 N–H and O–H groups in total. The van der Waals surface area contributed by atoms with Crippen LogP contribution >= 0.6 is 0 Å². The zero-order valence-electron chi connectivity index (χ0n) is 8.66. The Bertz CT molecular complexity index is 310. The molecule has 0 aliphatic heterocycles. The topological polar surface area (TPSA) is 33.0 Å². The molecule has 1 atom stereocenters. The van der Waals surface area contributed by atoms with E-state index in [2.05, 4.69) is 13.0 Å². The molecule has 0 fully saturated rings. The van der Waals surface area contributed by atoms with Crippen LogP contribution < -0.4 is 4.74 Å². The van der Waals surface area contributed by atoms with Crippen molar-refractivity contribution in [2.24, 2.45) is 0 Å². The third-order valence-corrected chi connectivity index (χ3v) is 2.25. The highest BCUT2D eigenvalue weighted by molar-refractivity contribution is 5.31. The van der Waals surface area contributed by atoms with Gasteiger partial charge in [0.2, 0.25) is 0 Å². The molecule has 14 heavy (non-hydrogen) atoms. The Kier molecular flexibility index (Phi) is 4.00. The van der Waals surface area contributed by atoms with Crippen LogP contribution in [0, 0.1) is 11.3 Å². The summed E-state index contributed by atoms with van der Waals surface area (Å²) in [5.41, 5.74) is 1.08. The summed E-state index contributed by atoms with van der Waals surface area (Å²) >= 11 is 0. The average molecular weight is 189 g/mol. The molecule has 2 heteroatoms. The first kappa shape index (κ1) is 10.6. The summed E-state index contributed by atoms with van der Waals surface area (Å²) in [5.74, 6) is 0.854. The second-order valence-corrected chi connectivity index (χ2v) is 3.24. The molecule has 0 bridgehead atoms. The standard InChI is InChI=1S/C12H15NO/c1-3-4-11(9-13)10-5-7-12(14-2)8-6-10/h5-8,11H,3-4H2,1-2H3/t11-/m0/s1. The first-order valence-electron chi connectivity index (χ1n) is 4.85. The molecule has 0 radical (unpaired) electrons. The van der Waals surface area contributed by atoms with Gasteiger partial charge in [0.1, 0.15) is 5.75 Å². The molecule has 0 saturated heterocycles. The highest BCUT2D eigenvalue weighted by Crippen LogP contribution is 2.22. The second kappa shape index (κ2) is 5.29. The van der Waals surface area contributed by atoms with Gasteiger partial charge in [0.25, 0.3) is 0 Å². The average Bonchev–Trinajstić information content (AvgIpc) is 2.26. The number of nitriles is 1. The van der Waals surface area contributed by atoms with Crippen molar-refractivity contribution in [2.75, 3.05) is 7.11 Å². The van der Waals surface area contributed by atoms with Crippen molar-refractivity contribution in [2.45, 2.75) is 25.7 Å². The van der Waals surface area contributed by atoms with E-state index in [0.717, 1.165) is 24.2 Å². The van der Waals surface area contributed by atoms with E-state index in [1.54, 1.807) is 7.11 Å². The Balaban J connectivity index is 2.79.